The second-order valence-corrected chi connectivity index (χ2v) is 28.6. The molecule has 752 valence electrons. The van der Waals surface area contributed by atoms with Gasteiger partial charge in [-0.3, -0.25) is 73.4 Å². The molecule has 1 aliphatic rings. The highest BCUT2D eigenvalue weighted by molar-refractivity contribution is 6.36. The van der Waals surface area contributed by atoms with Crippen molar-refractivity contribution in [1.82, 2.24) is 44.7 Å². The number of halogens is 4. The minimum Gasteiger partial charge on any atom is -0.495 e. The summed E-state index contributed by atoms with van der Waals surface area (Å²) in [4.78, 5) is 171. The number of carbonyl (C=O) groups excluding carboxylic acids is 8. The van der Waals surface area contributed by atoms with Crippen LogP contribution in [0.5, 0.6) is 34.5 Å². The fourth-order valence-corrected chi connectivity index (χ4v) is 12.4. The van der Waals surface area contributed by atoms with Crippen molar-refractivity contribution >= 4 is 195 Å². The number of aryl methyl sites for hydroxylation is 3. The Morgan fingerprint density at radius 1 is 0.574 bits per heavy atom. The maximum atomic E-state index is 13.2. The standard InChI is InChI=1S/C14H13ClN4O2.C14H14N4O3.C14H15N3O6.C14H17N3O4.C9H9FN2O4.C7H7FN2O3.C7H11N3.C5H7NO2.C2H3N.C2H4O2.ClH/c1-6-16-13(15)12-8-4-11(21-3)10(18-7(2)20)5-9(8)19-14(12)17-6;1-6-15-13-12(14(20)16-6)8-4-11(21-3)10(17-7(2)19)5-9(8)18-13;1-5-23-14(19)13(15-3)9-6-12(22-4)10(16-8(2)18)7-11(9)17(20)21;1-4-21-14(19)12-8-5-11(20-3)10(16-7(2)18)6-9(8)17-13(12)15;1-5(13)11-7-4-8(12(14)15)6(10)3-9(7)16-2;1-13-7-2-4(8)6(10(11)12)3-5(7)9;1-10-7(8)4-6(9-10)5-2-3-5;1-3-8-5(7)4-6-2;1-2-3;1-2(3)4;/h4-5H,1-3H3,(H,18,20)(H,16,17,19);4-5H,1-3H3,(H,17,19)(H2,15,16,18,20);6-7,13H,5H2,1-2,4H3,(H,16,18);5-6,17H,4,15H2,1-3H3,(H,16,18);3-4H,1-2H3,(H,11,13);2-3H,9H2,1H3;4-5H,2-3,8H2,1H3;3-4H2,1H3;1H3;1H3,(H,3,4);1H. The van der Waals surface area contributed by atoms with Crippen LogP contribution in [0.2, 0.25) is 5.15 Å². The lowest BCUT2D eigenvalue weighted by Gasteiger charge is -2.12. The van der Waals surface area contributed by atoms with E-state index in [9.17, 15) is 82.3 Å². The number of nitro groups is 3. The van der Waals surface area contributed by atoms with Crippen LogP contribution in [0.3, 0.4) is 0 Å². The van der Waals surface area contributed by atoms with E-state index in [0.29, 0.717) is 102 Å². The van der Waals surface area contributed by atoms with Crippen LogP contribution in [0.25, 0.3) is 64.5 Å². The maximum absolute atomic E-state index is 13.2. The van der Waals surface area contributed by atoms with Gasteiger partial charge in [-0.2, -0.15) is 19.1 Å². The number of nitriles is 1. The number of carboxylic acids is 1. The number of carbonyl (C=O) groups is 9. The Hall–Kier alpha value is -17.8. The van der Waals surface area contributed by atoms with E-state index in [1.54, 1.807) is 82.8 Å². The van der Waals surface area contributed by atoms with E-state index in [-0.39, 0.29) is 107 Å². The van der Waals surface area contributed by atoms with Crippen LogP contribution < -0.4 is 77.8 Å². The Bertz CT molecular complexity index is 6790. The van der Waals surface area contributed by atoms with Gasteiger partial charge in [0.2, 0.25) is 41.2 Å². The van der Waals surface area contributed by atoms with Crippen LogP contribution in [0, 0.1) is 80.3 Å². The van der Waals surface area contributed by atoms with Gasteiger partial charge >= 0.3 is 41.9 Å². The van der Waals surface area contributed by atoms with E-state index >= 15 is 0 Å². The van der Waals surface area contributed by atoms with Crippen LogP contribution in [-0.4, -0.2) is 187 Å². The van der Waals surface area contributed by atoms with Gasteiger partial charge in [-0.25, -0.2) is 42.5 Å². The van der Waals surface area contributed by atoms with Crippen LogP contribution in [0.15, 0.2) is 83.7 Å². The van der Waals surface area contributed by atoms with Gasteiger partial charge in [-0.15, -0.1) is 12.4 Å². The number of aliphatic carboxylic acids is 1. The Morgan fingerprint density at radius 3 is 1.35 bits per heavy atom. The molecular weight excluding hydrogens is 1900 g/mol. The van der Waals surface area contributed by atoms with Crippen molar-refractivity contribution in [2.24, 2.45) is 7.05 Å². The van der Waals surface area contributed by atoms with Gasteiger partial charge in [-0.1, -0.05) is 11.6 Å². The molecule has 12 aromatic rings. The number of nitro benzene ring substituents is 3. The summed E-state index contributed by atoms with van der Waals surface area (Å²) in [6.45, 7) is 31.6. The minimum atomic E-state index is -1.49. The van der Waals surface area contributed by atoms with Crippen LogP contribution >= 0.6 is 24.0 Å². The molecule has 0 saturated heterocycles. The summed E-state index contributed by atoms with van der Waals surface area (Å²) < 4.78 is 72.3. The van der Waals surface area contributed by atoms with Crippen molar-refractivity contribution in [2.45, 2.75) is 108 Å². The van der Waals surface area contributed by atoms with Gasteiger partial charge in [0.15, 0.2) is 0 Å². The van der Waals surface area contributed by atoms with Gasteiger partial charge in [0.25, 0.3) is 17.2 Å². The van der Waals surface area contributed by atoms with E-state index in [0.717, 1.165) is 59.4 Å². The molecule has 13 rings (SSSR count). The quantitative estimate of drug-likeness (QED) is 0.00570. The third-order valence-electron chi connectivity index (χ3n) is 17.8. The lowest BCUT2D eigenvalue weighted by molar-refractivity contribution is -0.387. The Balaban J connectivity index is 0.000000416. The first-order chi connectivity index (χ1) is 66.0. The molecule has 1 aliphatic carbocycles. The largest absolute Gasteiger partial charge is 0.495 e. The molecule has 6 aromatic carbocycles. The summed E-state index contributed by atoms with van der Waals surface area (Å²) in [5, 5.41) is 67.5. The number of H-pyrrole nitrogens is 4. The third-order valence-corrected chi connectivity index (χ3v) is 18.1. The molecule has 141 heavy (non-hydrogen) atoms. The van der Waals surface area contributed by atoms with Crippen molar-refractivity contribution in [3.05, 3.63) is 188 Å². The number of hydrogen-bond donors (Lipinski definition) is 13. The number of rotatable bonds is 22. The van der Waals surface area contributed by atoms with Crippen LogP contribution in [0.1, 0.15) is 127 Å². The van der Waals surface area contributed by atoms with E-state index < -0.39 is 85.2 Å². The van der Waals surface area contributed by atoms with Crippen molar-refractivity contribution < 1.29 is 114 Å². The molecule has 6 heterocycles. The lowest BCUT2D eigenvalue weighted by atomic mass is 10.0. The SMILES string of the molecule is CC#N.CC(=O)O.CCOC(=O)c1c(N)[nH]c2cc(NC(C)=O)c(OC)cc12.COc1cc(F)c([N+](=O)[O-])cc1N.COc1cc(F)c([N+](=O)[O-])cc1NC(C)=O.COc1cc2c(cc1NC(C)=O)[nH]c1nc(C)[nH]c(=O)c12.COc1cc2c(cc1NC(C)=O)[nH]c1nc(C)nc(Cl)c12.Cl.Cn1nc(C2CC2)cc1N.[C-]#[N+]C(C(=O)OCC)c1cc(OC)c(NC(C)=O)cc1[N+](=O)[O-].[C-]#[N+]CC(=O)OCC. The fraction of sp³-hybridized carbons (Fsp3) is 0.307. The number of amides is 5. The molecular formula is C88H101Cl2F2N23O26. The average molecular weight is 2010 g/mol. The van der Waals surface area contributed by atoms with Gasteiger partial charge in [0.05, 0.1) is 150 Å². The van der Waals surface area contributed by atoms with Gasteiger partial charge < -0.3 is 116 Å². The summed E-state index contributed by atoms with van der Waals surface area (Å²) in [5.74, 6) is -1.62. The minimum absolute atomic E-state index is 0. The van der Waals surface area contributed by atoms with E-state index in [1.807, 2.05) is 19.2 Å². The maximum Gasteiger partial charge on any atom is 0.395 e. The second kappa shape index (κ2) is 55.9. The molecule has 5 amide bonds. The molecule has 1 saturated carbocycles. The normalized spacial score (nSPS) is 10.5. The van der Waals surface area contributed by atoms with Crippen molar-refractivity contribution in [3.63, 3.8) is 0 Å². The molecule has 0 bridgehead atoms. The highest BCUT2D eigenvalue weighted by atomic mass is 35.5. The Morgan fingerprint density at radius 2 is 0.957 bits per heavy atom. The van der Waals surface area contributed by atoms with E-state index in [1.165, 1.54) is 102 Å². The number of aromatic amines is 4. The first-order valence-electron chi connectivity index (χ1n) is 40.7. The van der Waals surface area contributed by atoms with E-state index in [4.69, 9.17) is 90.3 Å². The first kappa shape index (κ1) is 117. The van der Waals surface area contributed by atoms with Crippen LogP contribution in [0.4, 0.5) is 71.6 Å². The highest BCUT2D eigenvalue weighted by Crippen LogP contribution is 2.43. The number of hydrogen-bond acceptors (Lipinski definition) is 33. The Kier molecular flexibility index (Phi) is 46.5. The predicted molar refractivity (Wildman–Crippen MR) is 519 cm³/mol. The second-order valence-electron chi connectivity index (χ2n) is 28.2. The average Bonchev–Trinajstić information content (AvgIpc) is 1.61. The van der Waals surface area contributed by atoms with E-state index in [2.05, 4.69) is 85.7 Å². The number of anilines is 8. The molecule has 0 aliphatic heterocycles. The van der Waals surface area contributed by atoms with Crippen molar-refractivity contribution in [1.29, 1.82) is 5.26 Å². The molecule has 53 heteroatoms. The number of ether oxygens (including phenoxy) is 9. The fourth-order valence-electron chi connectivity index (χ4n) is 12.1. The predicted octanol–water partition coefficient (Wildman–Crippen LogP) is 14.1. The molecule has 1 atom stereocenters. The number of nitrogens with zero attached hydrogens (tertiary/aromatic N) is 11. The molecule has 0 spiro atoms. The number of fused-ring (bicyclic) bond motifs is 7. The highest BCUT2D eigenvalue weighted by Gasteiger charge is 2.37. The summed E-state index contributed by atoms with van der Waals surface area (Å²) >= 11 is 6.22. The van der Waals surface area contributed by atoms with Crippen molar-refractivity contribution in [3.8, 4) is 40.6 Å². The zero-order chi connectivity index (χ0) is 106. The molecule has 6 aromatic heterocycles. The molecule has 1 fully saturated rings. The summed E-state index contributed by atoms with van der Waals surface area (Å²) in [6.07, 6.45) is 2.58. The first-order valence-corrected chi connectivity index (χ1v) is 41.1. The van der Waals surface area contributed by atoms with Gasteiger partial charge in [-0.05, 0) is 83.9 Å². The zero-order valence-corrected chi connectivity index (χ0v) is 80.8. The number of nitrogens with one attached hydrogen (secondary N) is 9. The van der Waals surface area contributed by atoms with Gasteiger partial charge in [0, 0.05) is 120 Å². The number of benzene rings is 6. The lowest BCUT2D eigenvalue weighted by Crippen LogP contribution is -2.15. The molecule has 1 unspecified atom stereocenters. The number of methoxy groups -OCH3 is 6. The monoisotopic (exact) mass is 2000 g/mol. The smallest absolute Gasteiger partial charge is 0.395 e. The summed E-state index contributed by atoms with van der Waals surface area (Å²) in [5.41, 5.74) is 21.1. The number of nitrogen functional groups attached to an aromatic ring is 3. The Labute approximate surface area is 811 Å². The third kappa shape index (κ3) is 34.2. The zero-order valence-electron chi connectivity index (χ0n) is 79.2. The molecule has 16 N–H and O–H groups in total. The number of carboxylic acid groups (broad SMARTS) is 1. The number of aromatic nitrogens is 9. The number of nitrogens with two attached hydrogens (primary N) is 3. The summed E-state index contributed by atoms with van der Waals surface area (Å²) in [7, 11) is 10.3. The van der Waals surface area contributed by atoms with Crippen molar-refractivity contribution in [2.75, 3.05) is 113 Å². The summed E-state index contributed by atoms with van der Waals surface area (Å²) in [6, 6.07) is 18.4. The topological polar surface area (TPSA) is 694 Å². The number of esters is 3. The molecule has 0 radical (unpaired) electrons. The molecule has 49 nitrogen and oxygen atoms in total. The van der Waals surface area contributed by atoms with Gasteiger partial charge in [0.1, 0.15) is 85.4 Å². The van der Waals surface area contributed by atoms with Crippen LogP contribution in [-0.2, 0) is 59.6 Å².